The Balaban J connectivity index is 1.94. The molecule has 1 aliphatic rings. The Morgan fingerprint density at radius 2 is 2.00 bits per heavy atom. The first kappa shape index (κ1) is 18.5. The van der Waals surface area contributed by atoms with Crippen LogP contribution in [0, 0.1) is 6.92 Å². The molecule has 5 heteroatoms. The second-order valence-corrected chi connectivity index (χ2v) is 6.52. The fraction of sp³-hybridized carbons (Fsp3) is 0.579. The van der Waals surface area contributed by atoms with Crippen molar-refractivity contribution in [3.63, 3.8) is 0 Å². The van der Waals surface area contributed by atoms with Crippen molar-refractivity contribution in [1.29, 1.82) is 0 Å². The minimum Gasteiger partial charge on any atom is -0.355 e. The van der Waals surface area contributed by atoms with E-state index in [4.69, 9.17) is 0 Å². The molecular weight excluding hydrogens is 302 g/mol. The summed E-state index contributed by atoms with van der Waals surface area (Å²) in [7, 11) is 0. The lowest BCUT2D eigenvalue weighted by molar-refractivity contribution is -0.125. The van der Waals surface area contributed by atoms with Gasteiger partial charge in [0.1, 0.15) is 0 Å². The van der Waals surface area contributed by atoms with Gasteiger partial charge in [0.25, 0.3) is 5.91 Å². The number of amides is 2. The van der Waals surface area contributed by atoms with Crippen LogP contribution in [0.25, 0.3) is 0 Å². The molecule has 1 aromatic carbocycles. The normalized spacial score (nSPS) is 17.2. The number of nitrogens with zero attached hydrogens (tertiary/aromatic N) is 2. The zero-order valence-corrected chi connectivity index (χ0v) is 15.0. The molecule has 0 aromatic heterocycles. The maximum atomic E-state index is 12.7. The van der Waals surface area contributed by atoms with E-state index in [9.17, 15) is 9.59 Å². The number of carbonyl (C=O) groups is 2. The van der Waals surface area contributed by atoms with Crippen molar-refractivity contribution in [2.75, 3.05) is 32.7 Å². The van der Waals surface area contributed by atoms with Gasteiger partial charge >= 0.3 is 0 Å². The van der Waals surface area contributed by atoms with Crippen molar-refractivity contribution in [2.24, 2.45) is 0 Å². The van der Waals surface area contributed by atoms with Crippen LogP contribution < -0.4 is 5.32 Å². The summed E-state index contributed by atoms with van der Waals surface area (Å²) in [4.78, 5) is 28.9. The number of nitrogens with one attached hydrogen (secondary N) is 1. The van der Waals surface area contributed by atoms with E-state index < -0.39 is 0 Å². The maximum Gasteiger partial charge on any atom is 0.253 e. The predicted molar refractivity (Wildman–Crippen MR) is 96.0 cm³/mol. The van der Waals surface area contributed by atoms with Gasteiger partial charge in [-0.05, 0) is 38.8 Å². The van der Waals surface area contributed by atoms with Gasteiger partial charge in [-0.3, -0.25) is 14.5 Å². The molecule has 1 heterocycles. The molecule has 0 spiro atoms. The van der Waals surface area contributed by atoms with Crippen LogP contribution in [0.1, 0.15) is 42.6 Å². The average molecular weight is 331 g/mol. The minimum atomic E-state index is -0.148. The van der Waals surface area contributed by atoms with Gasteiger partial charge in [0, 0.05) is 38.3 Å². The minimum absolute atomic E-state index is 0.0790. The molecule has 1 N–H and O–H groups in total. The second kappa shape index (κ2) is 8.83. The van der Waals surface area contributed by atoms with Crippen molar-refractivity contribution >= 4 is 11.8 Å². The Morgan fingerprint density at radius 3 is 2.71 bits per heavy atom. The average Bonchev–Trinajstić information content (AvgIpc) is 2.84. The third-order valence-electron chi connectivity index (χ3n) is 4.56. The summed E-state index contributed by atoms with van der Waals surface area (Å²) in [5.41, 5.74) is 1.84. The zero-order chi connectivity index (χ0) is 17.5. The maximum absolute atomic E-state index is 12.7. The highest BCUT2D eigenvalue weighted by atomic mass is 16.2. The molecule has 1 unspecified atom stereocenters. The third kappa shape index (κ3) is 4.81. The number of hydrogen-bond acceptors (Lipinski definition) is 3. The summed E-state index contributed by atoms with van der Waals surface area (Å²) in [5, 5.41) is 2.95. The topological polar surface area (TPSA) is 52.7 Å². The fourth-order valence-electron chi connectivity index (χ4n) is 3.05. The van der Waals surface area contributed by atoms with Gasteiger partial charge in [0.05, 0.1) is 6.04 Å². The van der Waals surface area contributed by atoms with E-state index >= 15 is 0 Å². The largest absolute Gasteiger partial charge is 0.355 e. The van der Waals surface area contributed by atoms with Gasteiger partial charge < -0.3 is 10.2 Å². The van der Waals surface area contributed by atoms with E-state index in [-0.39, 0.29) is 17.9 Å². The van der Waals surface area contributed by atoms with E-state index in [0.29, 0.717) is 6.54 Å². The van der Waals surface area contributed by atoms with Gasteiger partial charge in [-0.2, -0.15) is 0 Å². The molecule has 1 saturated heterocycles. The Hall–Kier alpha value is -1.88. The van der Waals surface area contributed by atoms with Gasteiger partial charge in [-0.1, -0.05) is 24.6 Å². The predicted octanol–water partition coefficient (Wildman–Crippen LogP) is 2.06. The van der Waals surface area contributed by atoms with Crippen LogP contribution in [0.2, 0.25) is 0 Å². The first-order valence-corrected chi connectivity index (χ1v) is 8.90. The standard InChI is InChI=1S/C19H29N3O2/c1-4-9-20-18(23)16(3)21-10-6-11-22(13-12-21)19(24)17-8-5-7-15(2)14-17/h5,7-8,14,16H,4,6,9-13H2,1-3H3,(H,20,23). The molecule has 0 bridgehead atoms. The summed E-state index contributed by atoms with van der Waals surface area (Å²) < 4.78 is 0. The van der Waals surface area contributed by atoms with Crippen molar-refractivity contribution < 1.29 is 9.59 Å². The van der Waals surface area contributed by atoms with E-state index in [2.05, 4.69) is 10.2 Å². The highest BCUT2D eigenvalue weighted by molar-refractivity contribution is 5.94. The first-order valence-electron chi connectivity index (χ1n) is 8.90. The molecule has 0 saturated carbocycles. The van der Waals surface area contributed by atoms with Crippen LogP contribution in [0.3, 0.4) is 0 Å². The van der Waals surface area contributed by atoms with Crippen LogP contribution in [0.4, 0.5) is 0 Å². The molecule has 2 rings (SSSR count). The second-order valence-electron chi connectivity index (χ2n) is 6.52. The Labute approximate surface area is 145 Å². The Kier molecular flexibility index (Phi) is 6.79. The van der Waals surface area contributed by atoms with Crippen molar-refractivity contribution in [2.45, 2.75) is 39.7 Å². The highest BCUT2D eigenvalue weighted by Crippen LogP contribution is 2.12. The zero-order valence-electron chi connectivity index (χ0n) is 15.0. The van der Waals surface area contributed by atoms with E-state index in [0.717, 1.165) is 50.1 Å². The Morgan fingerprint density at radius 1 is 1.21 bits per heavy atom. The van der Waals surface area contributed by atoms with Gasteiger partial charge in [-0.15, -0.1) is 0 Å². The monoisotopic (exact) mass is 331 g/mol. The lowest BCUT2D eigenvalue weighted by Gasteiger charge is -2.27. The van der Waals surface area contributed by atoms with Crippen molar-refractivity contribution in [1.82, 2.24) is 15.1 Å². The molecule has 0 aliphatic carbocycles. The van der Waals surface area contributed by atoms with Crippen molar-refractivity contribution in [3.8, 4) is 0 Å². The molecular formula is C19H29N3O2. The SMILES string of the molecule is CCCNC(=O)C(C)N1CCCN(C(=O)c2cccc(C)c2)CC1. The first-order chi connectivity index (χ1) is 11.5. The summed E-state index contributed by atoms with van der Waals surface area (Å²) in [6, 6.07) is 7.58. The molecule has 1 aliphatic heterocycles. The number of hydrogen-bond donors (Lipinski definition) is 1. The van der Waals surface area contributed by atoms with Crippen LogP contribution in [-0.4, -0.2) is 60.4 Å². The number of aryl methyl sites for hydroxylation is 1. The summed E-state index contributed by atoms with van der Waals surface area (Å²) in [5.74, 6) is 0.166. The van der Waals surface area contributed by atoms with E-state index in [1.54, 1.807) is 0 Å². The fourth-order valence-corrected chi connectivity index (χ4v) is 3.05. The summed E-state index contributed by atoms with van der Waals surface area (Å²) in [6.45, 7) is 9.70. The molecule has 2 amide bonds. The van der Waals surface area contributed by atoms with E-state index in [1.807, 2.05) is 49.9 Å². The van der Waals surface area contributed by atoms with E-state index in [1.165, 1.54) is 0 Å². The quantitative estimate of drug-likeness (QED) is 0.898. The summed E-state index contributed by atoms with van der Waals surface area (Å²) >= 11 is 0. The van der Waals surface area contributed by atoms with Gasteiger partial charge in [0.2, 0.25) is 5.91 Å². The molecule has 1 atom stereocenters. The molecule has 5 nitrogen and oxygen atoms in total. The van der Waals surface area contributed by atoms with Crippen LogP contribution >= 0.6 is 0 Å². The number of carbonyl (C=O) groups excluding carboxylic acids is 2. The smallest absolute Gasteiger partial charge is 0.253 e. The Bertz CT molecular complexity index is 573. The van der Waals surface area contributed by atoms with Gasteiger partial charge in [-0.25, -0.2) is 0 Å². The van der Waals surface area contributed by atoms with Crippen LogP contribution in [0.5, 0.6) is 0 Å². The lowest BCUT2D eigenvalue weighted by Crippen LogP contribution is -2.46. The van der Waals surface area contributed by atoms with Crippen LogP contribution in [-0.2, 0) is 4.79 Å². The lowest BCUT2D eigenvalue weighted by atomic mass is 10.1. The molecule has 1 aromatic rings. The molecule has 132 valence electrons. The molecule has 0 radical (unpaired) electrons. The van der Waals surface area contributed by atoms with Crippen molar-refractivity contribution in [3.05, 3.63) is 35.4 Å². The molecule has 1 fully saturated rings. The highest BCUT2D eigenvalue weighted by Gasteiger charge is 2.25. The summed E-state index contributed by atoms with van der Waals surface area (Å²) in [6.07, 6.45) is 1.83. The third-order valence-corrected chi connectivity index (χ3v) is 4.56. The number of rotatable bonds is 5. The van der Waals surface area contributed by atoms with Crippen LogP contribution in [0.15, 0.2) is 24.3 Å². The van der Waals surface area contributed by atoms with Gasteiger partial charge in [0.15, 0.2) is 0 Å². The number of benzene rings is 1. The molecule has 24 heavy (non-hydrogen) atoms.